The number of fused-ring (bicyclic) bond motifs is 4. The second-order valence-electron chi connectivity index (χ2n) is 7.76. The molecule has 0 saturated carbocycles. The van der Waals surface area contributed by atoms with E-state index in [1.807, 2.05) is 13.0 Å². The Bertz CT molecular complexity index is 931. The molecule has 1 heterocycles. The molecular formula is C19H21Cl2O3Si2Ti. The number of carbonyl (C=O) groups excluding carboxylic acids is 1. The van der Waals surface area contributed by atoms with Crippen LogP contribution in [0.4, 0.5) is 0 Å². The normalized spacial score (nSPS) is 22.7. The molecule has 1 aromatic rings. The van der Waals surface area contributed by atoms with E-state index in [1.54, 1.807) is 0 Å². The van der Waals surface area contributed by atoms with Crippen molar-refractivity contribution < 1.29 is 58.9 Å². The molecule has 1 aliphatic heterocycles. The Morgan fingerprint density at radius 3 is 2.19 bits per heavy atom. The number of rotatable bonds is 4. The fourth-order valence-corrected chi connectivity index (χ4v) is 9.27. The monoisotopic (exact) mass is 471 g/mol. The second-order valence-corrected chi connectivity index (χ2v) is 16.3. The zero-order valence-corrected chi connectivity index (χ0v) is 21.1. The number of hydrogen-bond acceptors (Lipinski definition) is 3. The van der Waals surface area contributed by atoms with Gasteiger partial charge in [0.2, 0.25) is 0 Å². The molecule has 3 nitrogen and oxygen atoms in total. The van der Waals surface area contributed by atoms with Crippen LogP contribution >= 0.6 is 0 Å². The van der Waals surface area contributed by atoms with Crippen LogP contribution in [0.5, 0.6) is 0 Å². The fraction of sp³-hybridized carbons (Fsp3) is 0.316. The van der Waals surface area contributed by atoms with Crippen molar-refractivity contribution in [3.05, 3.63) is 57.1 Å². The van der Waals surface area contributed by atoms with Crippen LogP contribution < -0.4 is 24.8 Å². The quantitative estimate of drug-likeness (QED) is 0.482. The molecule has 0 radical (unpaired) electrons. The molecule has 0 aromatic heterocycles. The Balaban J connectivity index is 0.00000131. The average molecular weight is 472 g/mol. The van der Waals surface area contributed by atoms with Gasteiger partial charge in [0.1, 0.15) is 0 Å². The van der Waals surface area contributed by atoms with Crippen molar-refractivity contribution >= 4 is 31.9 Å². The van der Waals surface area contributed by atoms with E-state index in [-0.39, 0.29) is 30.6 Å². The van der Waals surface area contributed by atoms with Crippen LogP contribution in [0, 0.1) is 0 Å². The van der Waals surface area contributed by atoms with E-state index in [1.165, 1.54) is 20.2 Å². The summed E-state index contributed by atoms with van der Waals surface area (Å²) < 4.78 is 13.7. The van der Waals surface area contributed by atoms with Gasteiger partial charge in [0.25, 0.3) is 0 Å². The van der Waals surface area contributed by atoms with Gasteiger partial charge in [0, 0.05) is 0 Å². The number of allylic oxidation sites excluding steroid dienone is 4. The first-order chi connectivity index (χ1) is 11.7. The summed E-state index contributed by atoms with van der Waals surface area (Å²) in [7, 11) is -4.15. The molecule has 141 valence electrons. The molecule has 27 heavy (non-hydrogen) atoms. The summed E-state index contributed by atoms with van der Waals surface area (Å²) in [5.41, 5.74) is 4.57. The van der Waals surface area contributed by atoms with Gasteiger partial charge in [-0.25, -0.2) is 0 Å². The van der Waals surface area contributed by atoms with Gasteiger partial charge in [-0.2, -0.15) is 0 Å². The standard InChI is InChI=1S/C19H21O3Si2.2ClH.Ti/c1-6-21-24(5)18-14-11-12-9-7-8-10-13(12)15(14)17(16(20)19(18)24)22-23(2,3)4;;;/h7-10H,6H2,1-5H3;2*1H;/q;;;+2/p-2. The van der Waals surface area contributed by atoms with Gasteiger partial charge in [-0.1, -0.05) is 0 Å². The summed E-state index contributed by atoms with van der Waals surface area (Å²) in [5.74, 6) is 0.636. The van der Waals surface area contributed by atoms with Crippen molar-refractivity contribution in [1.82, 2.24) is 0 Å². The molecule has 1 atom stereocenters. The maximum Gasteiger partial charge on any atom is -1.00 e. The van der Waals surface area contributed by atoms with Gasteiger partial charge in [-0.15, -0.1) is 0 Å². The summed E-state index contributed by atoms with van der Waals surface area (Å²) >= 11 is 2.16. The third kappa shape index (κ3) is 3.31. The Labute approximate surface area is 186 Å². The van der Waals surface area contributed by atoms with Crippen LogP contribution in [0.2, 0.25) is 26.2 Å². The fourth-order valence-electron chi connectivity index (χ4n) is 3.91. The van der Waals surface area contributed by atoms with Crippen molar-refractivity contribution in [2.45, 2.75) is 33.1 Å². The van der Waals surface area contributed by atoms with Crippen molar-refractivity contribution in [3.63, 3.8) is 0 Å². The molecule has 3 aliphatic rings. The van der Waals surface area contributed by atoms with Gasteiger partial charge in [-0.05, 0) is 0 Å². The Morgan fingerprint density at radius 1 is 1.04 bits per heavy atom. The van der Waals surface area contributed by atoms with Crippen LogP contribution in [0.3, 0.4) is 0 Å². The van der Waals surface area contributed by atoms with Gasteiger partial charge < -0.3 is 24.8 Å². The predicted molar refractivity (Wildman–Crippen MR) is 100.0 cm³/mol. The first-order valence-corrected chi connectivity index (χ1v) is 15.2. The summed E-state index contributed by atoms with van der Waals surface area (Å²) in [6, 6.07) is 8.34. The van der Waals surface area contributed by atoms with Gasteiger partial charge in [-0.3, -0.25) is 0 Å². The first kappa shape index (κ1) is 22.9. The number of hydrogen-bond donors (Lipinski definition) is 0. The zero-order chi connectivity index (χ0) is 18.1. The first-order valence-electron chi connectivity index (χ1n) is 8.64. The minimum absolute atomic E-state index is 0. The van der Waals surface area contributed by atoms with E-state index >= 15 is 0 Å². The SMILES string of the molecule is CCO[Si]1(C)C2=C1C1=[C]([Ti+2])c3ccccc3C1=C(O[Si](C)(C)C)C2=O.[Cl-].[Cl-]. The Morgan fingerprint density at radius 2 is 1.63 bits per heavy atom. The number of carbonyl (C=O) groups is 1. The van der Waals surface area contributed by atoms with Crippen molar-refractivity contribution in [1.29, 1.82) is 0 Å². The van der Waals surface area contributed by atoms with Crippen LogP contribution in [-0.4, -0.2) is 29.0 Å². The van der Waals surface area contributed by atoms with E-state index in [2.05, 4.69) is 64.8 Å². The number of benzene rings is 1. The van der Waals surface area contributed by atoms with E-state index in [4.69, 9.17) is 8.85 Å². The topological polar surface area (TPSA) is 35.5 Å². The summed E-state index contributed by atoms with van der Waals surface area (Å²) in [6.45, 7) is 11.2. The van der Waals surface area contributed by atoms with E-state index in [0.717, 1.165) is 16.3 Å². The van der Waals surface area contributed by atoms with Crippen LogP contribution in [0.15, 0.2) is 46.0 Å². The largest absolute Gasteiger partial charge is 1.00 e. The van der Waals surface area contributed by atoms with Crippen LogP contribution in [-0.2, 0) is 34.1 Å². The molecule has 2 aliphatic carbocycles. The smallest absolute Gasteiger partial charge is 1.00 e. The summed E-state index contributed by atoms with van der Waals surface area (Å²) in [4.78, 5) is 13.3. The average Bonchev–Trinajstić information content (AvgIpc) is 3.02. The molecule has 1 unspecified atom stereocenters. The molecular weight excluding hydrogens is 451 g/mol. The molecule has 0 bridgehead atoms. The van der Waals surface area contributed by atoms with Crippen LogP contribution in [0.1, 0.15) is 18.1 Å². The summed E-state index contributed by atoms with van der Waals surface area (Å²) in [6.07, 6.45) is 0. The van der Waals surface area contributed by atoms with E-state index < -0.39 is 16.6 Å². The molecule has 0 spiro atoms. The number of ketones is 1. The predicted octanol–water partition coefficient (Wildman–Crippen LogP) is -1.89. The molecule has 4 rings (SSSR count). The summed E-state index contributed by atoms with van der Waals surface area (Å²) in [5, 5.41) is 2.12. The number of halogens is 2. The molecule has 8 heteroatoms. The Hall–Kier alpha value is -0.402. The zero-order valence-electron chi connectivity index (χ0n) is 16.0. The third-order valence-corrected chi connectivity index (χ3v) is 9.99. The maximum absolute atomic E-state index is 13.3. The second kappa shape index (κ2) is 7.45. The minimum Gasteiger partial charge on any atom is -1.00 e. The molecule has 0 saturated heterocycles. The molecule has 0 fully saturated rings. The van der Waals surface area contributed by atoms with Gasteiger partial charge in [0.05, 0.1) is 0 Å². The third-order valence-electron chi connectivity index (χ3n) is 4.86. The molecule has 0 N–H and O–H groups in total. The van der Waals surface area contributed by atoms with E-state index in [0.29, 0.717) is 12.4 Å². The minimum atomic E-state index is -2.23. The van der Waals surface area contributed by atoms with Crippen LogP contribution in [0.25, 0.3) is 9.45 Å². The molecule has 1 aromatic carbocycles. The van der Waals surface area contributed by atoms with Gasteiger partial charge in [0.15, 0.2) is 0 Å². The van der Waals surface area contributed by atoms with Crippen molar-refractivity contribution in [2.75, 3.05) is 6.61 Å². The maximum atomic E-state index is 13.3. The molecule has 0 amide bonds. The van der Waals surface area contributed by atoms with Crippen molar-refractivity contribution in [3.8, 4) is 0 Å². The number of Topliss-reactive ketones (excluding diaryl/α,β-unsaturated/α-hetero) is 1. The van der Waals surface area contributed by atoms with Crippen molar-refractivity contribution in [2.24, 2.45) is 0 Å². The Kier molecular flexibility index (Phi) is 6.31. The van der Waals surface area contributed by atoms with Gasteiger partial charge >= 0.3 is 163 Å². The van der Waals surface area contributed by atoms with E-state index in [9.17, 15) is 4.79 Å².